The third-order valence-corrected chi connectivity index (χ3v) is 8.98. The number of nitrogen functional groups attached to an aromatic ring is 1. The minimum Gasteiger partial charge on any atom is -1.00 e. The molecule has 232 valence electrons. The molecule has 2 heterocycles. The lowest BCUT2D eigenvalue weighted by Crippen LogP contribution is -3.00. The fourth-order valence-electron chi connectivity index (χ4n) is 6.66. The highest BCUT2D eigenvalue weighted by atomic mass is 127. The van der Waals surface area contributed by atoms with Crippen molar-refractivity contribution in [2.75, 3.05) is 12.3 Å². The van der Waals surface area contributed by atoms with Crippen LogP contribution in [-0.4, -0.2) is 22.9 Å². The van der Waals surface area contributed by atoms with Crippen molar-refractivity contribution < 1.29 is 57.1 Å². The Labute approximate surface area is 289 Å². The maximum atomic E-state index is 6.28. The molecule has 1 aliphatic heterocycles. The molecule has 0 bridgehead atoms. The van der Waals surface area contributed by atoms with E-state index >= 15 is 0 Å². The van der Waals surface area contributed by atoms with E-state index in [0.29, 0.717) is 6.04 Å². The molecule has 2 aromatic rings. The van der Waals surface area contributed by atoms with Gasteiger partial charge in [0.05, 0.1) is 11.1 Å². The molecule has 0 radical (unpaired) electrons. The van der Waals surface area contributed by atoms with Crippen LogP contribution in [0.1, 0.15) is 109 Å². The molecule has 0 fully saturated rings. The first-order valence-corrected chi connectivity index (χ1v) is 16.2. The predicted molar refractivity (Wildman–Crippen MR) is 172 cm³/mol. The fourth-order valence-corrected chi connectivity index (χ4v) is 6.66. The molecule has 42 heavy (non-hydrogen) atoms. The molecule has 6 heteroatoms. The number of pyridine rings is 1. The Bertz CT molecular complexity index is 1240. The fraction of sp³-hybridized carbons (Fsp3) is 0.556. The molecule has 1 aromatic carbocycles. The molecule has 1 atom stereocenters. The highest BCUT2D eigenvalue weighted by Gasteiger charge is 2.32. The number of hydrogen-bond acceptors (Lipinski definition) is 2. The van der Waals surface area contributed by atoms with Crippen LogP contribution >= 0.6 is 0 Å². The van der Waals surface area contributed by atoms with Crippen LogP contribution in [-0.2, 0) is 6.54 Å². The van der Waals surface area contributed by atoms with Crippen LogP contribution in [0.25, 0.3) is 10.9 Å². The monoisotopic (exact) mass is 796 g/mol. The average molecular weight is 797 g/mol. The summed E-state index contributed by atoms with van der Waals surface area (Å²) in [4.78, 5) is 0. The Kier molecular flexibility index (Phi) is 17.3. The van der Waals surface area contributed by atoms with E-state index in [2.05, 4.69) is 77.6 Å². The molecule has 2 aliphatic rings. The zero-order valence-electron chi connectivity index (χ0n) is 26.1. The molecule has 4 N–H and O–H groups in total. The second kappa shape index (κ2) is 19.8. The minimum absolute atomic E-state index is 0. The van der Waals surface area contributed by atoms with Gasteiger partial charge in [0, 0.05) is 62.6 Å². The van der Waals surface area contributed by atoms with Crippen LogP contribution in [0.2, 0.25) is 0 Å². The first kappa shape index (κ1) is 36.8. The van der Waals surface area contributed by atoms with Crippen LogP contribution < -0.4 is 64.0 Å². The summed E-state index contributed by atoms with van der Waals surface area (Å²) in [6, 6.07) is 11.1. The topological polar surface area (TPSA) is 58.9 Å². The number of nitrogens with zero attached hydrogens (tertiary/aromatic N) is 2. The average Bonchev–Trinajstić information content (AvgIpc) is 2.95. The number of aromatic nitrogens is 1. The lowest BCUT2D eigenvalue weighted by Gasteiger charge is -2.25. The van der Waals surface area contributed by atoms with Crippen molar-refractivity contribution in [3.8, 4) is 0 Å². The van der Waals surface area contributed by atoms with Gasteiger partial charge in [-0.2, -0.15) is 4.57 Å². The molecule has 1 aromatic heterocycles. The number of anilines is 1. The SMILES string of the molecule is CC1=[N+](CCCCCCCCCCCCCCCC[n+]2c(C)cc(N)c3ccccc32)C2CC=CC=C2C(N)=C1.[I-].[I-]. The van der Waals surface area contributed by atoms with E-state index in [0.717, 1.165) is 30.9 Å². The number of rotatable bonds is 17. The largest absolute Gasteiger partial charge is 1.00 e. The first-order valence-electron chi connectivity index (χ1n) is 16.2. The van der Waals surface area contributed by atoms with Gasteiger partial charge in [-0.05, 0) is 18.9 Å². The summed E-state index contributed by atoms with van der Waals surface area (Å²) in [6.45, 7) is 6.63. The number of aryl methyl sites for hydroxylation is 2. The summed E-state index contributed by atoms with van der Waals surface area (Å²) in [5, 5.41) is 1.17. The summed E-state index contributed by atoms with van der Waals surface area (Å²) in [5.41, 5.74) is 19.5. The highest BCUT2D eigenvalue weighted by molar-refractivity contribution is 5.91. The van der Waals surface area contributed by atoms with Crippen LogP contribution in [0.3, 0.4) is 0 Å². The molecule has 1 aliphatic carbocycles. The van der Waals surface area contributed by atoms with Gasteiger partial charge in [-0.25, -0.2) is 4.58 Å². The van der Waals surface area contributed by atoms with Gasteiger partial charge < -0.3 is 59.4 Å². The van der Waals surface area contributed by atoms with E-state index in [1.54, 1.807) is 0 Å². The molecule has 0 amide bonds. The van der Waals surface area contributed by atoms with E-state index in [4.69, 9.17) is 11.5 Å². The van der Waals surface area contributed by atoms with Gasteiger partial charge in [0.1, 0.15) is 13.1 Å². The number of nitrogens with two attached hydrogens (primary N) is 2. The Morgan fingerprint density at radius 2 is 1.29 bits per heavy atom. The molecule has 0 saturated heterocycles. The molecule has 0 saturated carbocycles. The van der Waals surface area contributed by atoms with Gasteiger partial charge >= 0.3 is 0 Å². The predicted octanol–water partition coefficient (Wildman–Crippen LogP) is 2.07. The van der Waals surface area contributed by atoms with Crippen molar-refractivity contribution in [1.29, 1.82) is 0 Å². The van der Waals surface area contributed by atoms with Gasteiger partial charge in [-0.15, -0.1) is 0 Å². The number of para-hydroxylation sites is 1. The van der Waals surface area contributed by atoms with Gasteiger partial charge in [-0.3, -0.25) is 0 Å². The molecular formula is C36H54I2N4. The molecule has 4 rings (SSSR count). The van der Waals surface area contributed by atoms with Crippen LogP contribution in [0.4, 0.5) is 5.69 Å². The van der Waals surface area contributed by atoms with Gasteiger partial charge in [0.25, 0.3) is 0 Å². The minimum atomic E-state index is 0. The first-order chi connectivity index (χ1) is 19.6. The Morgan fingerprint density at radius 1 is 0.738 bits per heavy atom. The quantitative estimate of drug-likeness (QED) is 0.147. The van der Waals surface area contributed by atoms with E-state index in [9.17, 15) is 0 Å². The third-order valence-electron chi connectivity index (χ3n) is 8.98. The van der Waals surface area contributed by atoms with Crippen LogP contribution in [0.15, 0.2) is 65.9 Å². The number of benzene rings is 1. The number of allylic oxidation sites excluding steroid dienone is 3. The molecule has 4 nitrogen and oxygen atoms in total. The zero-order valence-corrected chi connectivity index (χ0v) is 30.4. The second-order valence-electron chi connectivity index (χ2n) is 12.1. The van der Waals surface area contributed by atoms with Crippen molar-refractivity contribution in [2.45, 2.75) is 123 Å². The van der Waals surface area contributed by atoms with Gasteiger partial charge in [-0.1, -0.05) is 94.6 Å². The summed E-state index contributed by atoms with van der Waals surface area (Å²) in [5.74, 6) is 0. The lowest BCUT2D eigenvalue weighted by molar-refractivity contribution is -0.677. The van der Waals surface area contributed by atoms with Crippen LogP contribution in [0, 0.1) is 6.92 Å². The standard InChI is InChI=1S/C36H52N4.2HI/c1-29-27-33(37)31-21-15-17-23-35(31)39(29)25-19-13-11-9-7-5-3-4-6-8-10-12-14-20-26-40-30(2)28-34(38)32-22-16-18-24-36(32)40;;/h15-18,21-23,27-28,36-38H,3-14,19-20,24-26H2,1-2H3;2*1H. The summed E-state index contributed by atoms with van der Waals surface area (Å²) in [6.07, 6.45) is 29.1. The Balaban J connectivity index is 0.00000308. The maximum absolute atomic E-state index is 6.28. The number of halogens is 2. The van der Waals surface area contributed by atoms with Crippen molar-refractivity contribution in [1.82, 2.24) is 0 Å². The molecular weight excluding hydrogens is 742 g/mol. The summed E-state index contributed by atoms with van der Waals surface area (Å²) >= 11 is 0. The summed E-state index contributed by atoms with van der Waals surface area (Å²) < 4.78 is 5.02. The normalized spacial score (nSPS) is 16.0. The van der Waals surface area contributed by atoms with E-state index in [1.165, 1.54) is 118 Å². The number of unbranched alkanes of at least 4 members (excludes halogenated alkanes) is 13. The molecule has 0 spiro atoms. The lowest BCUT2D eigenvalue weighted by atomic mass is 9.92. The Hall–Kier alpha value is -1.42. The third kappa shape index (κ3) is 10.6. The van der Waals surface area contributed by atoms with Crippen molar-refractivity contribution >= 4 is 22.3 Å². The van der Waals surface area contributed by atoms with Gasteiger partial charge in [0.2, 0.25) is 5.52 Å². The van der Waals surface area contributed by atoms with E-state index in [-0.39, 0.29) is 48.0 Å². The Morgan fingerprint density at radius 3 is 1.90 bits per heavy atom. The molecule has 1 unspecified atom stereocenters. The smallest absolute Gasteiger partial charge is 0.214 e. The second-order valence-corrected chi connectivity index (χ2v) is 12.1. The van der Waals surface area contributed by atoms with E-state index in [1.807, 2.05) is 0 Å². The summed E-state index contributed by atoms with van der Waals surface area (Å²) in [7, 11) is 0. The number of fused-ring (bicyclic) bond motifs is 2. The van der Waals surface area contributed by atoms with Crippen molar-refractivity contribution in [2.24, 2.45) is 5.73 Å². The van der Waals surface area contributed by atoms with E-state index < -0.39 is 0 Å². The zero-order chi connectivity index (χ0) is 28.2. The van der Waals surface area contributed by atoms with Crippen LogP contribution in [0.5, 0.6) is 0 Å². The van der Waals surface area contributed by atoms with Crippen molar-refractivity contribution in [3.05, 3.63) is 71.6 Å². The number of hydrogen-bond donors (Lipinski definition) is 2. The van der Waals surface area contributed by atoms with Gasteiger partial charge in [0.15, 0.2) is 17.4 Å². The highest BCUT2D eigenvalue weighted by Crippen LogP contribution is 2.25. The maximum Gasteiger partial charge on any atom is 0.214 e. The van der Waals surface area contributed by atoms with Crippen molar-refractivity contribution in [3.63, 3.8) is 0 Å².